The van der Waals surface area contributed by atoms with Crippen LogP contribution in [0.1, 0.15) is 63.3 Å². The van der Waals surface area contributed by atoms with Gasteiger partial charge in [-0.15, -0.1) is 0 Å². The maximum absolute atomic E-state index is 12.3. The Kier molecular flexibility index (Phi) is 9.68. The van der Waals surface area contributed by atoms with Gasteiger partial charge in [-0.3, -0.25) is 19.9 Å². The molecule has 8 heteroatoms. The lowest BCUT2D eigenvalue weighted by atomic mass is 9.87. The second-order valence-electron chi connectivity index (χ2n) is 11.4. The van der Waals surface area contributed by atoms with Gasteiger partial charge in [-0.1, -0.05) is 57.5 Å². The van der Waals surface area contributed by atoms with E-state index in [0.29, 0.717) is 6.42 Å². The number of nitrogens with two attached hydrogens (primary N) is 1. The van der Waals surface area contributed by atoms with E-state index < -0.39 is 11.9 Å². The van der Waals surface area contributed by atoms with E-state index in [2.05, 4.69) is 61.4 Å². The lowest BCUT2D eigenvalue weighted by Crippen LogP contribution is -2.44. The van der Waals surface area contributed by atoms with E-state index in [4.69, 9.17) is 10.8 Å². The maximum Gasteiger partial charge on any atom is 0.243 e. The fraction of sp³-hybridized carbons (Fsp3) is 0.333. The lowest BCUT2D eigenvalue weighted by Gasteiger charge is -2.19. The van der Waals surface area contributed by atoms with Crippen molar-refractivity contribution in [1.82, 2.24) is 20.1 Å². The number of carbonyl (C=O) groups excluding carboxylic acids is 2. The Morgan fingerprint density at radius 1 is 0.951 bits per heavy atom. The van der Waals surface area contributed by atoms with Crippen molar-refractivity contribution in [3.05, 3.63) is 95.8 Å². The number of pyridine rings is 1. The van der Waals surface area contributed by atoms with Crippen LogP contribution >= 0.6 is 0 Å². The highest BCUT2D eigenvalue weighted by Gasteiger charge is 2.18. The predicted molar refractivity (Wildman–Crippen MR) is 161 cm³/mol. The first-order valence-electron chi connectivity index (χ1n) is 14.1. The van der Waals surface area contributed by atoms with Crippen LogP contribution in [-0.4, -0.2) is 37.7 Å². The minimum absolute atomic E-state index is 0.0688. The van der Waals surface area contributed by atoms with Gasteiger partial charge in [0.2, 0.25) is 11.8 Å². The Morgan fingerprint density at radius 3 is 2.34 bits per heavy atom. The number of nitrogens with zero attached hydrogens (tertiary/aromatic N) is 3. The summed E-state index contributed by atoms with van der Waals surface area (Å²) in [5.74, 6) is -0.668. The summed E-state index contributed by atoms with van der Waals surface area (Å²) in [5, 5.41) is 16.7. The van der Waals surface area contributed by atoms with Crippen molar-refractivity contribution in [2.24, 2.45) is 5.73 Å². The normalized spacial score (nSPS) is 12.2. The molecule has 2 amide bonds. The monoisotopic (exact) mass is 553 g/mol. The molecule has 0 aliphatic rings. The van der Waals surface area contributed by atoms with Gasteiger partial charge >= 0.3 is 0 Å². The second-order valence-corrected chi connectivity index (χ2v) is 11.4. The molecule has 0 saturated heterocycles. The zero-order valence-corrected chi connectivity index (χ0v) is 24.0. The number of imide groups is 1. The van der Waals surface area contributed by atoms with E-state index in [-0.39, 0.29) is 29.9 Å². The highest BCUT2D eigenvalue weighted by atomic mass is 16.3. The van der Waals surface area contributed by atoms with Crippen molar-refractivity contribution in [3.8, 4) is 22.8 Å². The first-order chi connectivity index (χ1) is 19.6. The summed E-state index contributed by atoms with van der Waals surface area (Å²) in [6.07, 6.45) is 5.45. The van der Waals surface area contributed by atoms with E-state index in [0.717, 1.165) is 47.6 Å². The van der Waals surface area contributed by atoms with Crippen LogP contribution in [0, 0.1) is 0 Å². The molecule has 2 heterocycles. The number of hydrogen-bond donors (Lipinski definition) is 3. The molecule has 4 aromatic rings. The van der Waals surface area contributed by atoms with E-state index in [9.17, 15) is 14.7 Å². The number of unbranched alkanes of at least 4 members (excludes halogenated alkanes) is 2. The number of aromatic nitrogens is 3. The second kappa shape index (κ2) is 13.4. The Morgan fingerprint density at radius 2 is 1.68 bits per heavy atom. The van der Waals surface area contributed by atoms with Crippen LogP contribution in [0.25, 0.3) is 17.1 Å². The third-order valence-electron chi connectivity index (χ3n) is 7.02. The van der Waals surface area contributed by atoms with Crippen molar-refractivity contribution in [2.45, 2.75) is 70.8 Å². The van der Waals surface area contributed by atoms with E-state index in [1.807, 2.05) is 22.9 Å². The van der Waals surface area contributed by atoms with Gasteiger partial charge in [-0.05, 0) is 84.7 Å². The molecule has 0 spiro atoms. The first-order valence-corrected chi connectivity index (χ1v) is 14.1. The van der Waals surface area contributed by atoms with Crippen LogP contribution in [0.4, 0.5) is 0 Å². The average molecular weight is 554 g/mol. The summed E-state index contributed by atoms with van der Waals surface area (Å²) in [4.78, 5) is 29.2. The number of benzene rings is 2. The maximum atomic E-state index is 12.3. The molecule has 4 N–H and O–H groups in total. The van der Waals surface area contributed by atoms with Crippen LogP contribution in [-0.2, 0) is 27.8 Å². The molecular formula is C33H39N5O3. The summed E-state index contributed by atoms with van der Waals surface area (Å²) < 4.78 is 1.98. The van der Waals surface area contributed by atoms with E-state index in [1.54, 1.807) is 30.5 Å². The van der Waals surface area contributed by atoms with E-state index in [1.165, 1.54) is 5.56 Å². The van der Waals surface area contributed by atoms with Crippen molar-refractivity contribution in [2.75, 3.05) is 0 Å². The molecule has 4 rings (SSSR count). The molecule has 2 aromatic carbocycles. The molecule has 1 atom stereocenters. The number of amides is 2. The fourth-order valence-electron chi connectivity index (χ4n) is 4.60. The van der Waals surface area contributed by atoms with Crippen molar-refractivity contribution < 1.29 is 14.7 Å². The van der Waals surface area contributed by atoms with Crippen LogP contribution < -0.4 is 11.1 Å². The Labute approximate surface area is 241 Å². The molecule has 2 aromatic heterocycles. The number of aryl methyl sites for hydroxylation is 1. The van der Waals surface area contributed by atoms with Crippen LogP contribution in [0.2, 0.25) is 0 Å². The SMILES string of the molecule is CC(C)(C)c1ccc(-n2nc(-c3ccccn3)cc2CCCCCC(=O)NC(=O)C(N)Cc2ccc(O)cc2)cc1. The molecule has 0 radical (unpaired) electrons. The number of carbonyl (C=O) groups is 2. The third kappa shape index (κ3) is 8.35. The number of aromatic hydroxyl groups is 1. The number of hydrogen-bond acceptors (Lipinski definition) is 6. The molecule has 0 bridgehead atoms. The summed E-state index contributed by atoms with van der Waals surface area (Å²) in [6, 6.07) is 22.0. The number of nitrogens with one attached hydrogen (secondary N) is 1. The lowest BCUT2D eigenvalue weighted by molar-refractivity contribution is -0.131. The zero-order chi connectivity index (χ0) is 29.4. The number of phenols is 1. The van der Waals surface area contributed by atoms with Crippen molar-refractivity contribution in [1.29, 1.82) is 0 Å². The highest BCUT2D eigenvalue weighted by molar-refractivity contribution is 5.97. The third-order valence-corrected chi connectivity index (χ3v) is 7.02. The van der Waals surface area contributed by atoms with Gasteiger partial charge < -0.3 is 10.8 Å². The standard InChI is InChI=1S/C33H39N5O3/c1-33(2,3)24-14-16-25(17-15-24)38-26(22-30(37-38)29-10-7-8-20-35-29)9-5-4-6-11-31(40)36-32(41)28(34)21-23-12-18-27(39)19-13-23/h7-8,10,12-20,22,28,39H,4-6,9,11,21,34H2,1-3H3,(H,36,40,41). The summed E-state index contributed by atoms with van der Waals surface area (Å²) in [5.41, 5.74) is 11.8. The van der Waals surface area contributed by atoms with Gasteiger partial charge in [0.05, 0.1) is 17.4 Å². The molecular weight excluding hydrogens is 514 g/mol. The van der Waals surface area contributed by atoms with Crippen LogP contribution in [0.5, 0.6) is 5.75 Å². The fourth-order valence-corrected chi connectivity index (χ4v) is 4.60. The molecule has 41 heavy (non-hydrogen) atoms. The Balaban J connectivity index is 1.31. The van der Waals surface area contributed by atoms with Crippen LogP contribution in [0.3, 0.4) is 0 Å². The Hall–Kier alpha value is -4.30. The molecule has 0 saturated carbocycles. The first kappa shape index (κ1) is 29.7. The van der Waals surface area contributed by atoms with Gasteiger partial charge in [0.25, 0.3) is 0 Å². The topological polar surface area (TPSA) is 123 Å². The van der Waals surface area contributed by atoms with Crippen molar-refractivity contribution in [3.63, 3.8) is 0 Å². The molecule has 1 unspecified atom stereocenters. The van der Waals surface area contributed by atoms with Gasteiger partial charge in [0.15, 0.2) is 0 Å². The molecule has 0 aliphatic heterocycles. The van der Waals surface area contributed by atoms with Gasteiger partial charge in [-0.25, -0.2) is 4.68 Å². The van der Waals surface area contributed by atoms with E-state index >= 15 is 0 Å². The van der Waals surface area contributed by atoms with Gasteiger partial charge in [0, 0.05) is 18.3 Å². The van der Waals surface area contributed by atoms with Crippen molar-refractivity contribution >= 4 is 11.8 Å². The molecule has 0 fully saturated rings. The quantitative estimate of drug-likeness (QED) is 0.218. The minimum Gasteiger partial charge on any atom is -0.508 e. The minimum atomic E-state index is -0.838. The van der Waals surface area contributed by atoms with Gasteiger partial charge in [-0.2, -0.15) is 5.10 Å². The summed E-state index contributed by atoms with van der Waals surface area (Å²) in [7, 11) is 0. The number of rotatable bonds is 11. The highest BCUT2D eigenvalue weighted by Crippen LogP contribution is 2.26. The summed E-state index contributed by atoms with van der Waals surface area (Å²) >= 11 is 0. The number of phenolic OH excluding ortho intramolecular Hbond substituents is 1. The predicted octanol–water partition coefficient (Wildman–Crippen LogP) is 5.25. The van der Waals surface area contributed by atoms with Gasteiger partial charge in [0.1, 0.15) is 11.4 Å². The smallest absolute Gasteiger partial charge is 0.243 e. The molecule has 8 nitrogen and oxygen atoms in total. The zero-order valence-electron chi connectivity index (χ0n) is 24.0. The van der Waals surface area contributed by atoms with Crippen LogP contribution in [0.15, 0.2) is 79.0 Å². The summed E-state index contributed by atoms with van der Waals surface area (Å²) in [6.45, 7) is 6.59. The molecule has 0 aliphatic carbocycles. The Bertz CT molecular complexity index is 1440. The average Bonchev–Trinajstić information content (AvgIpc) is 3.38. The molecule has 214 valence electrons. The largest absolute Gasteiger partial charge is 0.508 e.